The van der Waals surface area contributed by atoms with Crippen LogP contribution in [0.25, 0.3) is 0 Å². The molecule has 0 radical (unpaired) electrons. The monoisotopic (exact) mass is 284 g/mol. The molecule has 0 atom stereocenters. The molecule has 1 rings (SSSR count). The predicted molar refractivity (Wildman–Crippen MR) is 61.6 cm³/mol. The summed E-state index contributed by atoms with van der Waals surface area (Å²) in [6.45, 7) is 2.93. The summed E-state index contributed by atoms with van der Waals surface area (Å²) >= 11 is 0. The van der Waals surface area contributed by atoms with Crippen molar-refractivity contribution in [2.75, 3.05) is 32.8 Å². The number of carbonyl (C=O) groups is 1. The van der Waals surface area contributed by atoms with Crippen LogP contribution >= 0.6 is 0 Å². The lowest BCUT2D eigenvalue weighted by atomic mass is 10.1. The predicted octanol–water partition coefficient (Wildman–Crippen LogP) is 1.73. The van der Waals surface area contributed by atoms with Gasteiger partial charge in [0.15, 0.2) is 0 Å². The Morgan fingerprint density at radius 2 is 2.00 bits per heavy atom. The molecule has 0 aromatic carbocycles. The molecule has 0 aromatic heterocycles. The Balaban J connectivity index is 2.11. The molecule has 0 saturated carbocycles. The summed E-state index contributed by atoms with van der Waals surface area (Å²) in [5.74, 6) is 0. The smallest absolute Gasteiger partial charge is 0.450 e. The molecule has 1 aliphatic heterocycles. The van der Waals surface area contributed by atoms with Gasteiger partial charge in [0.25, 0.3) is 0 Å². The Kier molecular flexibility index (Phi) is 6.36. The summed E-state index contributed by atoms with van der Waals surface area (Å²) in [4.78, 5) is 13.0. The maximum Gasteiger partial charge on any atom is 0.522 e. The zero-order valence-corrected chi connectivity index (χ0v) is 10.8. The number of halogens is 3. The van der Waals surface area contributed by atoms with Crippen LogP contribution in [0.3, 0.4) is 0 Å². The number of alkyl halides is 3. The van der Waals surface area contributed by atoms with E-state index in [0.717, 1.165) is 0 Å². The van der Waals surface area contributed by atoms with Gasteiger partial charge in [-0.05, 0) is 19.8 Å². The van der Waals surface area contributed by atoms with E-state index in [1.807, 2.05) is 0 Å². The summed E-state index contributed by atoms with van der Waals surface area (Å²) in [7, 11) is 0. The number of hydrogen-bond donors (Lipinski definition) is 1. The van der Waals surface area contributed by atoms with Crippen LogP contribution in [0.15, 0.2) is 0 Å². The van der Waals surface area contributed by atoms with Crippen LogP contribution in [0, 0.1) is 0 Å². The Morgan fingerprint density at radius 1 is 1.37 bits per heavy atom. The Labute approximate surface area is 110 Å². The molecule has 1 N–H and O–H groups in total. The number of nitrogens with one attached hydrogen (secondary N) is 1. The molecule has 0 aromatic rings. The molecule has 0 aliphatic carbocycles. The zero-order valence-electron chi connectivity index (χ0n) is 10.8. The van der Waals surface area contributed by atoms with Crippen LogP contribution in [0.4, 0.5) is 18.0 Å². The second kappa shape index (κ2) is 7.54. The molecule has 5 nitrogen and oxygen atoms in total. The van der Waals surface area contributed by atoms with Crippen LogP contribution < -0.4 is 5.32 Å². The van der Waals surface area contributed by atoms with Gasteiger partial charge in [-0.1, -0.05) is 0 Å². The van der Waals surface area contributed by atoms with E-state index in [1.165, 1.54) is 0 Å². The topological polar surface area (TPSA) is 50.8 Å². The van der Waals surface area contributed by atoms with Gasteiger partial charge in [-0.15, -0.1) is 13.2 Å². The third kappa shape index (κ3) is 6.63. The van der Waals surface area contributed by atoms with Crippen LogP contribution in [-0.2, 0) is 9.47 Å². The van der Waals surface area contributed by atoms with Crippen molar-refractivity contribution >= 4 is 6.09 Å². The molecule has 1 saturated heterocycles. The van der Waals surface area contributed by atoms with Crippen molar-refractivity contribution in [3.05, 3.63) is 0 Å². The number of piperidine rings is 1. The van der Waals surface area contributed by atoms with Gasteiger partial charge in [0.1, 0.15) is 0 Å². The minimum absolute atomic E-state index is 0.113. The highest BCUT2D eigenvalue weighted by molar-refractivity contribution is 5.67. The lowest BCUT2D eigenvalue weighted by Crippen LogP contribution is -2.45. The van der Waals surface area contributed by atoms with E-state index in [1.54, 1.807) is 11.8 Å². The standard InChI is InChI=1S/C11H19F3N2O3/c1-2-18-10(17)16-6-3-9(4-7-16)15-5-8-19-11(12,13)14/h9,15H,2-8H2,1H3. The second-order valence-corrected chi connectivity index (χ2v) is 4.21. The quantitative estimate of drug-likeness (QED) is 0.781. The lowest BCUT2D eigenvalue weighted by Gasteiger charge is -2.31. The van der Waals surface area contributed by atoms with Crippen molar-refractivity contribution in [1.29, 1.82) is 0 Å². The second-order valence-electron chi connectivity index (χ2n) is 4.21. The van der Waals surface area contributed by atoms with E-state index >= 15 is 0 Å². The van der Waals surface area contributed by atoms with Gasteiger partial charge < -0.3 is 15.0 Å². The van der Waals surface area contributed by atoms with Gasteiger partial charge in [-0.3, -0.25) is 4.74 Å². The van der Waals surface area contributed by atoms with Crippen molar-refractivity contribution in [3.63, 3.8) is 0 Å². The number of ether oxygens (including phenoxy) is 2. The molecule has 8 heteroatoms. The van der Waals surface area contributed by atoms with Gasteiger partial charge in [0, 0.05) is 25.7 Å². The SMILES string of the molecule is CCOC(=O)N1CCC(NCCOC(F)(F)F)CC1. The van der Waals surface area contributed by atoms with Gasteiger partial charge in [0.05, 0.1) is 13.2 Å². The van der Waals surface area contributed by atoms with E-state index in [9.17, 15) is 18.0 Å². The largest absolute Gasteiger partial charge is 0.522 e. The van der Waals surface area contributed by atoms with Gasteiger partial charge in [-0.25, -0.2) is 4.79 Å². The Bertz CT molecular complexity index is 279. The zero-order chi connectivity index (χ0) is 14.3. The number of likely N-dealkylation sites (tertiary alicyclic amines) is 1. The third-order valence-corrected chi connectivity index (χ3v) is 2.82. The summed E-state index contributed by atoms with van der Waals surface area (Å²) < 4.78 is 43.7. The van der Waals surface area contributed by atoms with E-state index in [2.05, 4.69) is 10.1 Å². The van der Waals surface area contributed by atoms with Crippen molar-refractivity contribution in [1.82, 2.24) is 10.2 Å². The van der Waals surface area contributed by atoms with Gasteiger partial charge in [0.2, 0.25) is 0 Å². The maximum absolute atomic E-state index is 11.7. The Hall–Kier alpha value is -1.02. The third-order valence-electron chi connectivity index (χ3n) is 2.82. The molecule has 0 bridgehead atoms. The van der Waals surface area contributed by atoms with Gasteiger partial charge in [-0.2, -0.15) is 0 Å². The van der Waals surface area contributed by atoms with E-state index in [4.69, 9.17) is 4.74 Å². The summed E-state index contributed by atoms with van der Waals surface area (Å²) in [5.41, 5.74) is 0. The normalized spacial score (nSPS) is 17.6. The number of nitrogens with zero attached hydrogens (tertiary/aromatic N) is 1. The highest BCUT2D eigenvalue weighted by Gasteiger charge is 2.29. The molecular weight excluding hydrogens is 265 g/mol. The molecule has 19 heavy (non-hydrogen) atoms. The first kappa shape index (κ1) is 16.0. The van der Waals surface area contributed by atoms with Crippen LogP contribution in [0.2, 0.25) is 0 Å². The molecule has 0 spiro atoms. The average Bonchev–Trinajstić information content (AvgIpc) is 2.34. The van der Waals surface area contributed by atoms with Crippen molar-refractivity contribution in [2.45, 2.75) is 32.2 Å². The first-order valence-corrected chi connectivity index (χ1v) is 6.28. The molecule has 1 aliphatic rings. The summed E-state index contributed by atoms with van der Waals surface area (Å²) in [6.07, 6.45) is -3.51. The minimum atomic E-state index is -4.57. The van der Waals surface area contributed by atoms with Crippen molar-refractivity contribution < 1.29 is 27.4 Å². The molecule has 1 amide bonds. The van der Waals surface area contributed by atoms with E-state index in [-0.39, 0.29) is 18.7 Å². The molecule has 1 heterocycles. The average molecular weight is 284 g/mol. The Morgan fingerprint density at radius 3 is 2.53 bits per heavy atom. The van der Waals surface area contributed by atoms with Gasteiger partial charge >= 0.3 is 12.5 Å². The molecule has 1 fully saturated rings. The number of rotatable bonds is 5. The molecule has 112 valence electrons. The van der Waals surface area contributed by atoms with Crippen molar-refractivity contribution in [2.24, 2.45) is 0 Å². The van der Waals surface area contributed by atoms with Crippen molar-refractivity contribution in [3.8, 4) is 0 Å². The minimum Gasteiger partial charge on any atom is -0.450 e. The lowest BCUT2D eigenvalue weighted by molar-refractivity contribution is -0.323. The first-order valence-electron chi connectivity index (χ1n) is 6.28. The molecular formula is C11H19F3N2O3. The summed E-state index contributed by atoms with van der Waals surface area (Å²) in [6, 6.07) is 0.113. The highest BCUT2D eigenvalue weighted by Crippen LogP contribution is 2.15. The fraction of sp³-hybridized carbons (Fsp3) is 0.909. The highest BCUT2D eigenvalue weighted by atomic mass is 19.4. The van der Waals surface area contributed by atoms with E-state index in [0.29, 0.717) is 32.5 Å². The number of hydrogen-bond acceptors (Lipinski definition) is 4. The van der Waals surface area contributed by atoms with Crippen LogP contribution in [0.1, 0.15) is 19.8 Å². The van der Waals surface area contributed by atoms with Crippen LogP contribution in [0.5, 0.6) is 0 Å². The number of amides is 1. The fourth-order valence-electron chi connectivity index (χ4n) is 1.91. The van der Waals surface area contributed by atoms with Crippen LogP contribution in [-0.4, -0.2) is 56.2 Å². The number of carbonyl (C=O) groups excluding carboxylic acids is 1. The van der Waals surface area contributed by atoms with E-state index < -0.39 is 13.0 Å². The molecule has 0 unspecified atom stereocenters. The summed E-state index contributed by atoms with van der Waals surface area (Å²) in [5, 5.41) is 2.98. The fourth-order valence-corrected chi connectivity index (χ4v) is 1.91. The first-order chi connectivity index (χ1) is 8.92. The maximum atomic E-state index is 11.7.